The summed E-state index contributed by atoms with van der Waals surface area (Å²) >= 11 is 0. The Labute approximate surface area is 316 Å². The van der Waals surface area contributed by atoms with Crippen LogP contribution in [0.5, 0.6) is 0 Å². The van der Waals surface area contributed by atoms with Crippen molar-refractivity contribution in [2.45, 2.75) is 65.0 Å². The van der Waals surface area contributed by atoms with Gasteiger partial charge in [-0.1, -0.05) is 44.2 Å². The quantitative estimate of drug-likeness (QED) is 0.165. The molecular weight excluding hydrogens is 724 g/mol. The van der Waals surface area contributed by atoms with Gasteiger partial charge in [-0.15, -0.1) is 6.58 Å². The number of nitrogens with two attached hydrogens (primary N) is 1. The Bertz CT molecular complexity index is 1710. The average molecular weight is 777 g/mol. The van der Waals surface area contributed by atoms with Crippen molar-refractivity contribution in [3.63, 3.8) is 0 Å². The van der Waals surface area contributed by atoms with E-state index in [-0.39, 0.29) is 55.0 Å². The number of carbonyl (C=O) groups excluding carboxylic acids is 5. The van der Waals surface area contributed by atoms with Gasteiger partial charge in [0.25, 0.3) is 5.91 Å². The maximum atomic E-state index is 13.9. The first kappa shape index (κ1) is 43.8. The molecule has 298 valence electrons. The molecule has 0 aromatic rings. The van der Waals surface area contributed by atoms with Gasteiger partial charge in [0.05, 0.1) is 17.5 Å². The van der Waals surface area contributed by atoms with Crippen LogP contribution in [-0.4, -0.2) is 114 Å². The number of methoxy groups -OCH3 is 2. The normalized spacial score (nSPS) is 29.4. The van der Waals surface area contributed by atoms with E-state index in [2.05, 4.69) is 22.5 Å². The molecule has 0 aromatic heterocycles. The number of rotatable bonds is 9. The highest BCUT2D eigenvalue weighted by Gasteiger charge is 2.37. The van der Waals surface area contributed by atoms with Crippen molar-refractivity contribution in [2.75, 3.05) is 46.9 Å². The molecule has 3 aliphatic rings. The second kappa shape index (κ2) is 20.2. The summed E-state index contributed by atoms with van der Waals surface area (Å²) in [6, 6.07) is 0. The van der Waals surface area contributed by atoms with Gasteiger partial charge in [-0.05, 0) is 38.2 Å². The Morgan fingerprint density at radius 2 is 1.78 bits per heavy atom. The van der Waals surface area contributed by atoms with Crippen LogP contribution in [0.4, 0.5) is 9.59 Å². The number of piperazine rings is 1. The lowest BCUT2D eigenvalue weighted by atomic mass is 9.85. The minimum absolute atomic E-state index is 0.0399. The Balaban J connectivity index is 2.14. The standard InChI is InChI=1S/C36H52N6O11S/c1-8-12-39-30-25-17-21(2)18-29(51-7)33(53-36(47)41-54(48,49)42-15-13-38-14-16-42)24(5)19-23(4)32(52-35(37)46)28(50-6)11-9-10-22(3)34(45)40-26(31(25)44)20-27(30)43/h8-11,19-21,24,28-29,32-33,38-39H,1,12-18H2,2-7H3,(H2,37,46)(H,40,45)(H,41,47)/b11-9-,22-10+,23-19+/t21-,24+,28+,29+,32+,33-/m1/s1. The third-order valence-corrected chi connectivity index (χ3v) is 10.5. The third kappa shape index (κ3) is 11.9. The minimum atomic E-state index is -4.25. The SMILES string of the molecule is C=CCNC1=C2C[C@@H](C)C[C@H](OC)[C@H](OC(=O)NS(=O)(=O)N3CCNCC3)[C@@H](C)/C=C(\C)[C@H](OC(N)=O)[C@@H](OC)/C=C\C=C(/C)C(=O)NC(=CC1=O)C2=O. The number of primary amides is 1. The summed E-state index contributed by atoms with van der Waals surface area (Å²) in [6.07, 6.45) is 2.52. The van der Waals surface area contributed by atoms with Crippen LogP contribution >= 0.6 is 0 Å². The molecule has 1 aliphatic carbocycles. The molecule has 0 radical (unpaired) electrons. The van der Waals surface area contributed by atoms with E-state index >= 15 is 0 Å². The van der Waals surface area contributed by atoms with Gasteiger partial charge in [0.15, 0.2) is 6.10 Å². The number of hydrogen-bond donors (Lipinski definition) is 5. The molecule has 0 unspecified atom stereocenters. The number of carbonyl (C=O) groups is 5. The Morgan fingerprint density at radius 3 is 2.39 bits per heavy atom. The monoisotopic (exact) mass is 776 g/mol. The second-order valence-electron chi connectivity index (χ2n) is 13.2. The van der Waals surface area contributed by atoms with Gasteiger partial charge in [0.2, 0.25) is 11.6 Å². The molecule has 6 N–H and O–H groups in total. The van der Waals surface area contributed by atoms with Crippen LogP contribution in [0.25, 0.3) is 0 Å². The second-order valence-corrected chi connectivity index (χ2v) is 14.9. The fourth-order valence-electron chi connectivity index (χ4n) is 6.32. The molecule has 18 heteroatoms. The lowest BCUT2D eigenvalue weighted by Crippen LogP contribution is -2.52. The van der Waals surface area contributed by atoms with E-state index in [0.29, 0.717) is 18.7 Å². The van der Waals surface area contributed by atoms with Crippen molar-refractivity contribution in [1.29, 1.82) is 0 Å². The lowest BCUT2D eigenvalue weighted by molar-refractivity contribution is -0.120. The van der Waals surface area contributed by atoms with Crippen LogP contribution in [0, 0.1) is 11.8 Å². The van der Waals surface area contributed by atoms with E-state index in [0.717, 1.165) is 10.4 Å². The topological polar surface area (TPSA) is 234 Å². The van der Waals surface area contributed by atoms with E-state index in [4.69, 9.17) is 24.7 Å². The van der Waals surface area contributed by atoms with Gasteiger partial charge < -0.3 is 40.6 Å². The van der Waals surface area contributed by atoms with Crippen LogP contribution in [0.2, 0.25) is 0 Å². The van der Waals surface area contributed by atoms with Crippen molar-refractivity contribution in [1.82, 2.24) is 25.0 Å². The van der Waals surface area contributed by atoms with Gasteiger partial charge in [0, 0.05) is 70.1 Å². The fraction of sp³-hybridized carbons (Fsp3) is 0.528. The molecule has 1 fully saturated rings. The average Bonchev–Trinajstić information content (AvgIpc) is 3.12. The number of allylic oxidation sites excluding steroid dienone is 4. The highest BCUT2D eigenvalue weighted by atomic mass is 32.2. The predicted molar refractivity (Wildman–Crippen MR) is 198 cm³/mol. The van der Waals surface area contributed by atoms with E-state index < -0.39 is 76.1 Å². The fourth-order valence-corrected chi connectivity index (χ4v) is 7.37. The van der Waals surface area contributed by atoms with E-state index in [9.17, 15) is 32.4 Å². The molecule has 0 aromatic carbocycles. The summed E-state index contributed by atoms with van der Waals surface area (Å²) in [4.78, 5) is 65.7. The minimum Gasteiger partial charge on any atom is -0.442 e. The van der Waals surface area contributed by atoms with Crippen LogP contribution in [-0.2, 0) is 43.5 Å². The molecule has 0 spiro atoms. The molecule has 2 bridgehead atoms. The number of amides is 3. The smallest absolute Gasteiger partial charge is 0.422 e. The molecule has 54 heavy (non-hydrogen) atoms. The molecule has 2 heterocycles. The number of Topliss-reactive ketones (excluding diaryl/α,β-unsaturated/α-hetero) is 1. The summed E-state index contributed by atoms with van der Waals surface area (Å²) < 4.78 is 52.0. The van der Waals surface area contributed by atoms with Crippen molar-refractivity contribution in [2.24, 2.45) is 17.6 Å². The number of ketones is 2. The number of nitrogens with zero attached hydrogens (tertiary/aromatic N) is 1. The largest absolute Gasteiger partial charge is 0.442 e. The molecule has 0 saturated carbocycles. The van der Waals surface area contributed by atoms with E-state index in [1.165, 1.54) is 45.4 Å². The third-order valence-electron chi connectivity index (χ3n) is 9.05. The highest BCUT2D eigenvalue weighted by molar-refractivity contribution is 7.87. The molecular formula is C36H52N6O11S. The van der Waals surface area contributed by atoms with Crippen LogP contribution in [0.1, 0.15) is 40.5 Å². The zero-order valence-corrected chi connectivity index (χ0v) is 32.3. The van der Waals surface area contributed by atoms with Gasteiger partial charge in [-0.2, -0.15) is 12.7 Å². The molecule has 17 nitrogen and oxygen atoms in total. The molecule has 6 atom stereocenters. The first-order chi connectivity index (χ1) is 25.5. The Kier molecular flexibility index (Phi) is 16.4. The highest BCUT2D eigenvalue weighted by Crippen LogP contribution is 2.30. The summed E-state index contributed by atoms with van der Waals surface area (Å²) in [5, 5.41) is 8.54. The summed E-state index contributed by atoms with van der Waals surface area (Å²) in [5.74, 6) is -2.85. The molecule has 3 amide bonds. The van der Waals surface area contributed by atoms with Crippen LogP contribution in [0.15, 0.2) is 71.1 Å². The van der Waals surface area contributed by atoms with Crippen molar-refractivity contribution in [3.05, 3.63) is 71.1 Å². The molecule has 3 rings (SSSR count). The Hall–Kier alpha value is -4.62. The maximum Gasteiger partial charge on any atom is 0.422 e. The zero-order valence-electron chi connectivity index (χ0n) is 31.5. The molecule has 2 aliphatic heterocycles. The van der Waals surface area contributed by atoms with Crippen LogP contribution in [0.3, 0.4) is 0 Å². The lowest BCUT2D eigenvalue weighted by Gasteiger charge is -2.33. The van der Waals surface area contributed by atoms with Crippen molar-refractivity contribution >= 4 is 39.9 Å². The zero-order chi connectivity index (χ0) is 40.2. The summed E-state index contributed by atoms with van der Waals surface area (Å²) in [6.45, 7) is 11.6. The molecule has 1 saturated heterocycles. The maximum absolute atomic E-state index is 13.9. The van der Waals surface area contributed by atoms with Gasteiger partial charge in [-0.25, -0.2) is 14.3 Å². The number of fused-ring (bicyclic) bond motifs is 2. The van der Waals surface area contributed by atoms with E-state index in [1.807, 2.05) is 4.72 Å². The van der Waals surface area contributed by atoms with Gasteiger partial charge in [0.1, 0.15) is 12.2 Å². The van der Waals surface area contributed by atoms with E-state index in [1.54, 1.807) is 26.8 Å². The Morgan fingerprint density at radius 1 is 1.09 bits per heavy atom. The first-order valence-electron chi connectivity index (χ1n) is 17.5. The summed E-state index contributed by atoms with van der Waals surface area (Å²) in [5.41, 5.74) is 6.02. The number of nitrogens with one attached hydrogen (secondary N) is 4. The van der Waals surface area contributed by atoms with Gasteiger partial charge in [-0.3, -0.25) is 14.4 Å². The summed E-state index contributed by atoms with van der Waals surface area (Å²) in [7, 11) is -1.48. The van der Waals surface area contributed by atoms with Gasteiger partial charge >= 0.3 is 22.4 Å². The number of hydrogen-bond acceptors (Lipinski definition) is 13. The van der Waals surface area contributed by atoms with Crippen molar-refractivity contribution < 1.29 is 51.3 Å². The van der Waals surface area contributed by atoms with Crippen molar-refractivity contribution in [3.8, 4) is 0 Å². The predicted octanol–water partition coefficient (Wildman–Crippen LogP) is 1.42. The first-order valence-corrected chi connectivity index (χ1v) is 18.9. The number of ether oxygens (including phenoxy) is 4. The van der Waals surface area contributed by atoms with Crippen LogP contribution < -0.4 is 26.4 Å².